The van der Waals surface area contributed by atoms with Gasteiger partial charge < -0.3 is 0 Å². The van der Waals surface area contributed by atoms with Crippen LogP contribution in [-0.4, -0.2) is 14.5 Å². The first kappa shape index (κ1) is 21.9. The summed E-state index contributed by atoms with van der Waals surface area (Å²) in [7, 11) is -10.7. The SMILES string of the molecule is Cc1cc(C(C)(C)C)[se+]c(C(C)(C)C)c1.F[P-](F)(F)(F)(F)F. The van der Waals surface area contributed by atoms with Crippen LogP contribution in [0.1, 0.15) is 56.0 Å². The van der Waals surface area contributed by atoms with Crippen molar-refractivity contribution in [3.63, 3.8) is 0 Å². The van der Waals surface area contributed by atoms with E-state index in [2.05, 4.69) is 60.6 Å². The van der Waals surface area contributed by atoms with Crippen molar-refractivity contribution in [2.45, 2.75) is 59.3 Å². The molecular formula is C14H23F6PSe. The summed E-state index contributed by atoms with van der Waals surface area (Å²) in [5.41, 5.74) is 2.07. The van der Waals surface area contributed by atoms with Crippen molar-refractivity contribution < 1.29 is 25.2 Å². The third kappa shape index (κ3) is 12.4. The topological polar surface area (TPSA) is 0 Å². The van der Waals surface area contributed by atoms with Gasteiger partial charge in [-0.25, -0.2) is 0 Å². The van der Waals surface area contributed by atoms with Crippen molar-refractivity contribution >= 4 is 22.3 Å². The molecule has 0 aliphatic heterocycles. The predicted octanol–water partition coefficient (Wildman–Crippen LogP) is 7.31. The summed E-state index contributed by atoms with van der Waals surface area (Å²) in [6.07, 6.45) is 0. The van der Waals surface area contributed by atoms with E-state index in [1.165, 1.54) is 5.56 Å². The van der Waals surface area contributed by atoms with Crippen molar-refractivity contribution in [2.75, 3.05) is 0 Å². The monoisotopic (exact) mass is 416 g/mol. The molecule has 22 heavy (non-hydrogen) atoms. The van der Waals surface area contributed by atoms with Crippen LogP contribution in [0.15, 0.2) is 12.1 Å². The van der Waals surface area contributed by atoms with Crippen molar-refractivity contribution in [3.8, 4) is 0 Å². The quantitative estimate of drug-likeness (QED) is 0.237. The van der Waals surface area contributed by atoms with E-state index in [-0.39, 0.29) is 0 Å². The van der Waals surface area contributed by atoms with Crippen LogP contribution in [0.2, 0.25) is 0 Å². The van der Waals surface area contributed by atoms with Crippen LogP contribution in [0, 0.1) is 6.92 Å². The second kappa shape index (κ2) is 5.46. The summed E-state index contributed by atoms with van der Waals surface area (Å²) >= 11 is 0.538. The molecule has 0 fully saturated rings. The zero-order valence-corrected chi connectivity index (χ0v) is 16.4. The van der Waals surface area contributed by atoms with E-state index in [0.717, 1.165) is 0 Å². The maximum atomic E-state index is 9.87. The summed E-state index contributed by atoms with van der Waals surface area (Å²) in [6, 6.07) is 4.77. The fraction of sp³-hybridized carbons (Fsp3) is 0.643. The average molecular weight is 415 g/mol. The molecule has 0 aliphatic rings. The number of hydrogen-bond acceptors (Lipinski definition) is 0. The van der Waals surface area contributed by atoms with Crippen LogP contribution in [0.5, 0.6) is 0 Å². The maximum absolute atomic E-state index is 10.7. The summed E-state index contributed by atoms with van der Waals surface area (Å²) in [4.78, 5) is 0. The fourth-order valence-electron chi connectivity index (χ4n) is 1.37. The van der Waals surface area contributed by atoms with Gasteiger partial charge >= 0.3 is 133 Å². The van der Waals surface area contributed by atoms with E-state index in [9.17, 15) is 25.2 Å². The zero-order chi connectivity index (χ0) is 18.3. The Kier molecular flexibility index (Phi) is 5.43. The molecule has 0 nitrogen and oxygen atoms in total. The molecule has 132 valence electrons. The molecule has 0 saturated carbocycles. The van der Waals surface area contributed by atoms with Crippen LogP contribution < -0.4 is 0 Å². The first-order chi connectivity index (χ1) is 9.05. The molecule has 0 unspecified atom stereocenters. The van der Waals surface area contributed by atoms with Gasteiger partial charge in [0, 0.05) is 0 Å². The molecule has 0 aromatic carbocycles. The van der Waals surface area contributed by atoms with E-state index in [0.29, 0.717) is 25.3 Å². The molecule has 0 N–H and O–H groups in total. The first-order valence-corrected chi connectivity index (χ1v) is 10.3. The second-order valence-corrected chi connectivity index (χ2v) is 11.5. The summed E-state index contributed by atoms with van der Waals surface area (Å²) in [5.74, 6) is 0. The summed E-state index contributed by atoms with van der Waals surface area (Å²) in [6.45, 7) is 16.1. The van der Waals surface area contributed by atoms with E-state index in [4.69, 9.17) is 0 Å². The molecule has 0 amide bonds. The summed E-state index contributed by atoms with van der Waals surface area (Å²) in [5, 5.41) is 0. The Morgan fingerprint density at radius 3 is 1.14 bits per heavy atom. The minimum absolute atomic E-state index is 0.325. The van der Waals surface area contributed by atoms with Gasteiger partial charge in [-0.1, -0.05) is 0 Å². The molecule has 1 aromatic rings. The van der Waals surface area contributed by atoms with Gasteiger partial charge in [-0.2, -0.15) is 0 Å². The Hall–Kier alpha value is -0.121. The molecule has 0 atom stereocenters. The molecule has 0 spiro atoms. The third-order valence-corrected chi connectivity index (χ3v) is 6.40. The zero-order valence-electron chi connectivity index (χ0n) is 13.8. The van der Waals surface area contributed by atoms with Crippen LogP contribution >= 0.6 is 7.81 Å². The number of aryl methyl sites for hydroxylation is 1. The van der Waals surface area contributed by atoms with E-state index in [1.807, 2.05) is 0 Å². The normalized spacial score (nSPS) is 16.2. The molecule has 1 aromatic heterocycles. The van der Waals surface area contributed by atoms with Gasteiger partial charge in [-0.15, -0.1) is 0 Å². The molecule has 0 saturated heterocycles. The van der Waals surface area contributed by atoms with Gasteiger partial charge in [0.05, 0.1) is 0 Å². The first-order valence-electron chi connectivity index (χ1n) is 6.58. The Labute approximate surface area is 133 Å². The summed E-state index contributed by atoms with van der Waals surface area (Å²) < 4.78 is 62.4. The van der Waals surface area contributed by atoms with Crippen LogP contribution in [0.25, 0.3) is 0 Å². The van der Waals surface area contributed by atoms with E-state index in [1.54, 1.807) is 8.87 Å². The Morgan fingerprint density at radius 1 is 0.727 bits per heavy atom. The molecule has 1 heterocycles. The Balaban J connectivity index is 0.000000534. The molecule has 0 bridgehead atoms. The van der Waals surface area contributed by atoms with Gasteiger partial charge in [0.1, 0.15) is 0 Å². The number of rotatable bonds is 0. The fourth-order valence-corrected chi connectivity index (χ4v) is 4.18. The molecule has 0 aliphatic carbocycles. The third-order valence-electron chi connectivity index (χ3n) is 2.42. The average Bonchev–Trinajstić information content (AvgIpc) is 2.08. The molecule has 0 radical (unpaired) electrons. The van der Waals surface area contributed by atoms with Crippen LogP contribution in [0.4, 0.5) is 25.2 Å². The van der Waals surface area contributed by atoms with E-state index >= 15 is 0 Å². The van der Waals surface area contributed by atoms with E-state index < -0.39 is 7.81 Å². The standard InChI is InChI=1S/C14H23Se.F6P/c1-10-8-11(13(2,3)4)15-12(9-10)14(5,6)7;1-7(2,3,4,5)6/h8-9H,1-7H3;/q+1;-1. The predicted molar refractivity (Wildman–Crippen MR) is 83.5 cm³/mol. The van der Waals surface area contributed by atoms with Gasteiger partial charge in [-0.3, -0.25) is 0 Å². The van der Waals surface area contributed by atoms with Gasteiger partial charge in [0.15, 0.2) is 0 Å². The van der Waals surface area contributed by atoms with Gasteiger partial charge in [0.25, 0.3) is 0 Å². The Morgan fingerprint density at radius 2 is 0.955 bits per heavy atom. The van der Waals surface area contributed by atoms with Crippen molar-refractivity contribution in [3.05, 3.63) is 26.6 Å². The van der Waals surface area contributed by atoms with Crippen molar-refractivity contribution in [2.24, 2.45) is 0 Å². The van der Waals surface area contributed by atoms with Gasteiger partial charge in [-0.05, 0) is 0 Å². The van der Waals surface area contributed by atoms with Crippen LogP contribution in [0.3, 0.4) is 0 Å². The van der Waals surface area contributed by atoms with Gasteiger partial charge in [0.2, 0.25) is 0 Å². The Bertz CT molecular complexity index is 491. The second-order valence-electron chi connectivity index (χ2n) is 7.32. The van der Waals surface area contributed by atoms with Crippen molar-refractivity contribution in [1.82, 2.24) is 0 Å². The number of halogens is 6. The van der Waals surface area contributed by atoms with Crippen LogP contribution in [-0.2, 0) is 10.8 Å². The molecule has 8 heteroatoms. The molecule has 1 rings (SSSR count). The minimum atomic E-state index is -10.7. The van der Waals surface area contributed by atoms with Crippen molar-refractivity contribution in [1.29, 1.82) is 0 Å². The number of hydrogen-bond donors (Lipinski definition) is 0. The molecular weight excluding hydrogens is 392 g/mol.